The standard InChI is InChI=1S/C8H15N/c1-4-7(2)5-6-8(3)9/h4,6-7H,1,5,9H2,2-3H3/b8-6+. The van der Waals surface area contributed by atoms with Crippen LogP contribution in [0.25, 0.3) is 0 Å². The molecule has 0 heterocycles. The zero-order valence-electron chi connectivity index (χ0n) is 6.22. The van der Waals surface area contributed by atoms with Gasteiger partial charge in [0.15, 0.2) is 0 Å². The summed E-state index contributed by atoms with van der Waals surface area (Å²) in [6, 6.07) is 0. The smallest absolute Gasteiger partial charge is 0.000854 e. The molecule has 0 bridgehead atoms. The molecule has 0 aromatic heterocycles. The van der Waals surface area contributed by atoms with E-state index in [9.17, 15) is 0 Å². The van der Waals surface area contributed by atoms with Crippen LogP contribution >= 0.6 is 0 Å². The second kappa shape index (κ2) is 4.19. The molecule has 1 atom stereocenters. The first-order valence-corrected chi connectivity index (χ1v) is 3.21. The molecule has 1 unspecified atom stereocenters. The highest BCUT2D eigenvalue weighted by molar-refractivity contribution is 4.94. The third-order valence-electron chi connectivity index (χ3n) is 1.21. The van der Waals surface area contributed by atoms with Gasteiger partial charge in [0.25, 0.3) is 0 Å². The molecular formula is C8H15N. The molecule has 2 N–H and O–H groups in total. The van der Waals surface area contributed by atoms with E-state index in [4.69, 9.17) is 5.73 Å². The van der Waals surface area contributed by atoms with E-state index in [1.165, 1.54) is 0 Å². The van der Waals surface area contributed by atoms with Crippen LogP contribution in [0.4, 0.5) is 0 Å². The number of allylic oxidation sites excluding steroid dienone is 3. The Labute approximate surface area is 57.3 Å². The van der Waals surface area contributed by atoms with Crippen molar-refractivity contribution in [2.45, 2.75) is 20.3 Å². The maximum atomic E-state index is 5.42. The van der Waals surface area contributed by atoms with Crippen LogP contribution in [0, 0.1) is 5.92 Å². The summed E-state index contributed by atoms with van der Waals surface area (Å²) >= 11 is 0. The summed E-state index contributed by atoms with van der Waals surface area (Å²) in [7, 11) is 0. The summed E-state index contributed by atoms with van der Waals surface area (Å²) in [5.41, 5.74) is 6.31. The first-order valence-electron chi connectivity index (χ1n) is 3.21. The minimum absolute atomic E-state index is 0.545. The molecule has 52 valence electrons. The average Bonchev–Trinajstić information content (AvgIpc) is 1.83. The average molecular weight is 125 g/mol. The van der Waals surface area contributed by atoms with E-state index in [1.807, 2.05) is 19.1 Å². The fourth-order valence-corrected chi connectivity index (χ4v) is 0.468. The quantitative estimate of drug-likeness (QED) is 0.574. The predicted octanol–water partition coefficient (Wildman–Crippen LogP) is 2.06. The van der Waals surface area contributed by atoms with E-state index in [0.29, 0.717) is 5.92 Å². The van der Waals surface area contributed by atoms with Gasteiger partial charge in [-0.3, -0.25) is 0 Å². The second-order valence-electron chi connectivity index (χ2n) is 2.40. The van der Waals surface area contributed by atoms with Crippen LogP contribution in [0.5, 0.6) is 0 Å². The molecule has 0 saturated heterocycles. The van der Waals surface area contributed by atoms with Gasteiger partial charge in [-0.05, 0) is 19.3 Å². The molecule has 1 heteroatoms. The summed E-state index contributed by atoms with van der Waals surface area (Å²) in [6.07, 6.45) is 4.96. The molecule has 9 heavy (non-hydrogen) atoms. The molecule has 0 spiro atoms. The van der Waals surface area contributed by atoms with Crippen LogP contribution in [-0.4, -0.2) is 0 Å². The van der Waals surface area contributed by atoms with Crippen LogP contribution in [-0.2, 0) is 0 Å². The number of hydrogen-bond acceptors (Lipinski definition) is 1. The van der Waals surface area contributed by atoms with Crippen molar-refractivity contribution >= 4 is 0 Å². The SMILES string of the molecule is C=CC(C)C/C=C(\C)N. The molecule has 1 nitrogen and oxygen atoms in total. The Morgan fingerprint density at radius 2 is 2.33 bits per heavy atom. The molecule has 0 aromatic rings. The van der Waals surface area contributed by atoms with E-state index in [0.717, 1.165) is 12.1 Å². The summed E-state index contributed by atoms with van der Waals surface area (Å²) in [5.74, 6) is 0.545. The monoisotopic (exact) mass is 125 g/mol. The third-order valence-corrected chi connectivity index (χ3v) is 1.21. The fourth-order valence-electron chi connectivity index (χ4n) is 0.468. The summed E-state index contributed by atoms with van der Waals surface area (Å²) < 4.78 is 0. The lowest BCUT2D eigenvalue weighted by Crippen LogP contribution is -1.92. The van der Waals surface area contributed by atoms with Gasteiger partial charge in [0.1, 0.15) is 0 Å². The maximum absolute atomic E-state index is 5.42. The molecule has 0 aromatic carbocycles. The first kappa shape index (κ1) is 8.28. The van der Waals surface area contributed by atoms with Crippen LogP contribution in [0.1, 0.15) is 20.3 Å². The Balaban J connectivity index is 3.49. The van der Waals surface area contributed by atoms with Crippen LogP contribution in [0.15, 0.2) is 24.4 Å². The van der Waals surface area contributed by atoms with Gasteiger partial charge in [0.2, 0.25) is 0 Å². The maximum Gasteiger partial charge on any atom is 0.000854 e. The molecule has 0 saturated carbocycles. The molecule has 0 amide bonds. The first-order chi connectivity index (χ1) is 4.16. The van der Waals surface area contributed by atoms with Crippen molar-refractivity contribution in [1.29, 1.82) is 0 Å². The van der Waals surface area contributed by atoms with Crippen molar-refractivity contribution in [2.75, 3.05) is 0 Å². The van der Waals surface area contributed by atoms with E-state index >= 15 is 0 Å². The van der Waals surface area contributed by atoms with Gasteiger partial charge in [-0.1, -0.05) is 19.1 Å². The Bertz CT molecular complexity index is 110. The molecular weight excluding hydrogens is 110 g/mol. The highest BCUT2D eigenvalue weighted by Gasteiger charge is 1.90. The number of hydrogen-bond donors (Lipinski definition) is 1. The topological polar surface area (TPSA) is 26.0 Å². The van der Waals surface area contributed by atoms with Gasteiger partial charge in [0, 0.05) is 5.70 Å². The van der Waals surface area contributed by atoms with Crippen LogP contribution in [0.2, 0.25) is 0 Å². The van der Waals surface area contributed by atoms with Crippen molar-refractivity contribution in [1.82, 2.24) is 0 Å². The Hall–Kier alpha value is -0.720. The largest absolute Gasteiger partial charge is 0.403 e. The van der Waals surface area contributed by atoms with Crippen molar-refractivity contribution in [3.63, 3.8) is 0 Å². The zero-order chi connectivity index (χ0) is 7.28. The highest BCUT2D eigenvalue weighted by atomic mass is 14.5. The predicted molar refractivity (Wildman–Crippen MR) is 41.9 cm³/mol. The Morgan fingerprint density at radius 3 is 2.67 bits per heavy atom. The molecule has 0 rings (SSSR count). The lowest BCUT2D eigenvalue weighted by molar-refractivity contribution is 0.742. The van der Waals surface area contributed by atoms with E-state index in [1.54, 1.807) is 0 Å². The summed E-state index contributed by atoms with van der Waals surface area (Å²) in [4.78, 5) is 0. The summed E-state index contributed by atoms with van der Waals surface area (Å²) in [6.45, 7) is 7.68. The van der Waals surface area contributed by atoms with Crippen LogP contribution in [0.3, 0.4) is 0 Å². The highest BCUT2D eigenvalue weighted by Crippen LogP contribution is 2.03. The molecule has 0 aliphatic carbocycles. The minimum Gasteiger partial charge on any atom is -0.403 e. The van der Waals surface area contributed by atoms with Crippen molar-refractivity contribution < 1.29 is 0 Å². The summed E-state index contributed by atoms with van der Waals surface area (Å²) in [5, 5.41) is 0. The molecule has 0 aliphatic heterocycles. The van der Waals surface area contributed by atoms with Gasteiger partial charge in [-0.2, -0.15) is 0 Å². The Morgan fingerprint density at radius 1 is 1.78 bits per heavy atom. The number of nitrogens with two attached hydrogens (primary N) is 1. The van der Waals surface area contributed by atoms with Crippen molar-refractivity contribution in [3.05, 3.63) is 24.4 Å². The molecule has 0 fully saturated rings. The fraction of sp³-hybridized carbons (Fsp3) is 0.500. The third kappa shape index (κ3) is 5.15. The normalized spacial score (nSPS) is 15.1. The van der Waals surface area contributed by atoms with Gasteiger partial charge in [-0.15, -0.1) is 6.58 Å². The van der Waals surface area contributed by atoms with Gasteiger partial charge < -0.3 is 5.73 Å². The van der Waals surface area contributed by atoms with Gasteiger partial charge in [-0.25, -0.2) is 0 Å². The number of rotatable bonds is 3. The van der Waals surface area contributed by atoms with Crippen molar-refractivity contribution in [2.24, 2.45) is 11.7 Å². The minimum atomic E-state index is 0.545. The molecule has 0 radical (unpaired) electrons. The zero-order valence-corrected chi connectivity index (χ0v) is 6.22. The molecule has 0 aliphatic rings. The van der Waals surface area contributed by atoms with Gasteiger partial charge >= 0.3 is 0 Å². The lowest BCUT2D eigenvalue weighted by Gasteiger charge is -1.98. The van der Waals surface area contributed by atoms with Gasteiger partial charge in [0.05, 0.1) is 0 Å². The van der Waals surface area contributed by atoms with E-state index in [2.05, 4.69) is 13.5 Å². The second-order valence-corrected chi connectivity index (χ2v) is 2.40. The Kier molecular flexibility index (Phi) is 3.85. The van der Waals surface area contributed by atoms with Crippen molar-refractivity contribution in [3.8, 4) is 0 Å². The van der Waals surface area contributed by atoms with Crippen LogP contribution < -0.4 is 5.73 Å². The van der Waals surface area contributed by atoms with E-state index < -0.39 is 0 Å². The van der Waals surface area contributed by atoms with E-state index in [-0.39, 0.29) is 0 Å². The lowest BCUT2D eigenvalue weighted by atomic mass is 10.1.